The zero-order chi connectivity index (χ0) is 19.8. The van der Waals surface area contributed by atoms with Gasteiger partial charge in [-0.3, -0.25) is 5.41 Å². The number of ether oxygens (including phenoxy) is 1. The van der Waals surface area contributed by atoms with E-state index in [9.17, 15) is 14.9 Å². The van der Waals surface area contributed by atoms with E-state index < -0.39 is 13.1 Å². The van der Waals surface area contributed by atoms with E-state index in [0.29, 0.717) is 37.4 Å². The summed E-state index contributed by atoms with van der Waals surface area (Å²) in [7, 11) is -1.01. The molecule has 1 saturated heterocycles. The zero-order valence-corrected chi connectivity index (χ0v) is 15.1. The molecule has 2 heterocycles. The number of aryl methyl sites for hydroxylation is 1. The first-order valence-corrected chi connectivity index (χ1v) is 9.02. The number of carbonyl (C=O) groups is 1. The van der Waals surface area contributed by atoms with E-state index in [-0.39, 0.29) is 23.2 Å². The number of carboxylic acids is 1. The van der Waals surface area contributed by atoms with Crippen molar-refractivity contribution in [2.24, 2.45) is 0 Å². The Morgan fingerprint density at radius 1 is 1.25 bits per heavy atom. The normalized spacial score (nSPS) is 16.0. The van der Waals surface area contributed by atoms with Gasteiger partial charge < -0.3 is 30.2 Å². The first-order chi connectivity index (χ1) is 13.4. The molecule has 8 nitrogen and oxygen atoms in total. The van der Waals surface area contributed by atoms with Crippen LogP contribution >= 0.6 is 0 Å². The summed E-state index contributed by atoms with van der Waals surface area (Å²) < 4.78 is 11.2. The van der Waals surface area contributed by atoms with Gasteiger partial charge in [-0.1, -0.05) is 6.07 Å². The second-order valence-electron chi connectivity index (χ2n) is 6.96. The predicted molar refractivity (Wildman–Crippen MR) is 104 cm³/mol. The lowest BCUT2D eigenvalue weighted by Gasteiger charge is -2.41. The van der Waals surface area contributed by atoms with E-state index in [1.807, 2.05) is 4.90 Å². The molecule has 4 rings (SSSR count). The van der Waals surface area contributed by atoms with Crippen molar-refractivity contribution in [2.45, 2.75) is 18.8 Å². The lowest BCUT2D eigenvalue weighted by atomic mass is 9.78. The summed E-state index contributed by atoms with van der Waals surface area (Å²) in [6.07, 6.45) is 0.739. The standard InChI is InChI=1S/C19H20BN3O5/c21-13-4-1-12(2-5-13)18(22)23-9-14(10-23)27-15-6-3-11-7-8-20(26)28-17(11)16(15)19(24)25/h1-6,14,22,26H,7-10,21H2,(H,24,25). The van der Waals surface area contributed by atoms with Gasteiger partial charge in [-0.2, -0.15) is 0 Å². The van der Waals surface area contributed by atoms with Gasteiger partial charge in [0.2, 0.25) is 0 Å². The summed E-state index contributed by atoms with van der Waals surface area (Å²) in [6.45, 7) is 0.950. The van der Waals surface area contributed by atoms with Gasteiger partial charge in [-0.05, 0) is 48.6 Å². The Hall–Kier alpha value is -3.20. The summed E-state index contributed by atoms with van der Waals surface area (Å²) >= 11 is 0. The van der Waals surface area contributed by atoms with Crippen LogP contribution in [-0.2, 0) is 6.42 Å². The summed E-state index contributed by atoms with van der Waals surface area (Å²) in [5.74, 6) is -0.402. The summed E-state index contributed by atoms with van der Waals surface area (Å²) in [6, 6.07) is 10.5. The van der Waals surface area contributed by atoms with E-state index in [1.165, 1.54) is 0 Å². The molecule has 1 fully saturated rings. The van der Waals surface area contributed by atoms with Gasteiger partial charge in [0, 0.05) is 11.3 Å². The molecule has 0 aromatic heterocycles. The number of amidine groups is 1. The Kier molecular flexibility index (Phi) is 4.60. The fraction of sp³-hybridized carbons (Fsp3) is 0.263. The van der Waals surface area contributed by atoms with Crippen molar-refractivity contribution in [3.05, 3.63) is 53.1 Å². The fourth-order valence-corrected chi connectivity index (χ4v) is 3.41. The van der Waals surface area contributed by atoms with Gasteiger partial charge in [-0.15, -0.1) is 0 Å². The maximum Gasteiger partial charge on any atom is 0.522 e. The Bertz CT molecular complexity index is 928. The van der Waals surface area contributed by atoms with Gasteiger partial charge >= 0.3 is 13.1 Å². The lowest BCUT2D eigenvalue weighted by molar-refractivity contribution is 0.0597. The number of aromatic carboxylic acids is 1. The van der Waals surface area contributed by atoms with Crippen molar-refractivity contribution >= 4 is 24.6 Å². The third kappa shape index (κ3) is 3.36. The molecule has 2 aromatic rings. The highest BCUT2D eigenvalue weighted by Gasteiger charge is 2.34. The Labute approximate surface area is 162 Å². The van der Waals surface area contributed by atoms with Gasteiger partial charge in [-0.25, -0.2) is 4.79 Å². The van der Waals surface area contributed by atoms with Gasteiger partial charge in [0.1, 0.15) is 29.0 Å². The zero-order valence-electron chi connectivity index (χ0n) is 15.1. The largest absolute Gasteiger partial charge is 0.535 e. The number of nitrogen functional groups attached to an aromatic ring is 1. The van der Waals surface area contributed by atoms with Gasteiger partial charge in [0.25, 0.3) is 0 Å². The molecule has 5 N–H and O–H groups in total. The van der Waals surface area contributed by atoms with Crippen LogP contribution in [0.2, 0.25) is 6.32 Å². The van der Waals surface area contributed by atoms with Crippen LogP contribution in [0, 0.1) is 5.41 Å². The topological polar surface area (TPSA) is 129 Å². The van der Waals surface area contributed by atoms with Crippen LogP contribution in [0.4, 0.5) is 5.69 Å². The molecule has 0 aliphatic carbocycles. The molecular formula is C19H20BN3O5. The van der Waals surface area contributed by atoms with Crippen molar-refractivity contribution in [3.63, 3.8) is 0 Å². The maximum absolute atomic E-state index is 11.8. The number of benzene rings is 2. The van der Waals surface area contributed by atoms with Crippen molar-refractivity contribution in [3.8, 4) is 11.5 Å². The molecule has 0 amide bonds. The van der Waals surface area contributed by atoms with Crippen molar-refractivity contribution in [1.82, 2.24) is 4.90 Å². The number of hydrogen-bond donors (Lipinski definition) is 4. The van der Waals surface area contributed by atoms with Crippen LogP contribution in [-0.4, -0.2) is 53.1 Å². The number of nitrogens with two attached hydrogens (primary N) is 1. The molecule has 2 aromatic carbocycles. The summed E-state index contributed by atoms with van der Waals surface area (Å²) in [5.41, 5.74) is 7.75. The molecule has 144 valence electrons. The first kappa shape index (κ1) is 18.2. The lowest BCUT2D eigenvalue weighted by Crippen LogP contribution is -2.56. The highest BCUT2D eigenvalue weighted by atomic mass is 16.5. The molecule has 0 radical (unpaired) electrons. The van der Waals surface area contributed by atoms with Crippen molar-refractivity contribution < 1.29 is 24.3 Å². The molecule has 0 atom stereocenters. The molecule has 9 heteroatoms. The smallest absolute Gasteiger partial charge is 0.522 e. The molecule has 0 unspecified atom stereocenters. The Balaban J connectivity index is 1.46. The second kappa shape index (κ2) is 7.08. The van der Waals surface area contributed by atoms with E-state index in [4.69, 9.17) is 20.5 Å². The Morgan fingerprint density at radius 3 is 2.64 bits per heavy atom. The van der Waals surface area contributed by atoms with Crippen LogP contribution in [0.3, 0.4) is 0 Å². The second-order valence-corrected chi connectivity index (χ2v) is 6.96. The van der Waals surface area contributed by atoms with E-state index in [2.05, 4.69) is 0 Å². The monoisotopic (exact) mass is 381 g/mol. The van der Waals surface area contributed by atoms with Crippen molar-refractivity contribution in [1.29, 1.82) is 5.41 Å². The summed E-state index contributed by atoms with van der Waals surface area (Å²) in [5, 5.41) is 27.6. The predicted octanol–water partition coefficient (Wildman–Crippen LogP) is 1.47. The maximum atomic E-state index is 11.8. The average molecular weight is 381 g/mol. The number of rotatable bonds is 4. The number of nitrogens with one attached hydrogen (secondary N) is 1. The van der Waals surface area contributed by atoms with Crippen LogP contribution in [0.5, 0.6) is 11.5 Å². The number of nitrogens with zero attached hydrogens (tertiary/aromatic N) is 1. The van der Waals surface area contributed by atoms with E-state index in [1.54, 1.807) is 36.4 Å². The molecule has 0 spiro atoms. The first-order valence-electron chi connectivity index (χ1n) is 9.02. The summed E-state index contributed by atoms with van der Waals surface area (Å²) in [4.78, 5) is 13.6. The van der Waals surface area contributed by atoms with Gasteiger partial charge in [0.15, 0.2) is 0 Å². The Morgan fingerprint density at radius 2 is 1.96 bits per heavy atom. The van der Waals surface area contributed by atoms with Crippen LogP contribution in [0.1, 0.15) is 21.5 Å². The number of carboxylic acid groups (broad SMARTS) is 1. The van der Waals surface area contributed by atoms with Crippen LogP contribution in [0.25, 0.3) is 0 Å². The number of fused-ring (bicyclic) bond motifs is 1. The minimum absolute atomic E-state index is 0.0664. The highest BCUT2D eigenvalue weighted by Crippen LogP contribution is 2.37. The third-order valence-corrected chi connectivity index (χ3v) is 4.97. The third-order valence-electron chi connectivity index (χ3n) is 4.97. The minimum atomic E-state index is -1.16. The van der Waals surface area contributed by atoms with E-state index in [0.717, 1.165) is 11.1 Å². The molecular weight excluding hydrogens is 361 g/mol. The van der Waals surface area contributed by atoms with Crippen LogP contribution in [0.15, 0.2) is 36.4 Å². The highest BCUT2D eigenvalue weighted by molar-refractivity contribution is 6.44. The average Bonchev–Trinajstić information content (AvgIpc) is 2.63. The molecule has 0 saturated carbocycles. The van der Waals surface area contributed by atoms with Crippen LogP contribution < -0.4 is 15.1 Å². The molecule has 2 aliphatic heterocycles. The van der Waals surface area contributed by atoms with Crippen molar-refractivity contribution in [2.75, 3.05) is 18.8 Å². The molecule has 0 bridgehead atoms. The SMILES string of the molecule is N=C(c1ccc(N)cc1)N1CC(Oc2ccc3c(c2C(=O)O)OB(O)CC3)C1. The van der Waals surface area contributed by atoms with E-state index >= 15 is 0 Å². The molecule has 28 heavy (non-hydrogen) atoms. The number of hydrogen-bond acceptors (Lipinski definition) is 6. The quantitative estimate of drug-likeness (QED) is 0.273. The molecule has 2 aliphatic rings. The minimum Gasteiger partial charge on any atom is -0.535 e. The number of likely N-dealkylation sites (tertiary alicyclic amines) is 1. The van der Waals surface area contributed by atoms with Gasteiger partial charge in [0.05, 0.1) is 13.1 Å². The number of anilines is 1. The fourth-order valence-electron chi connectivity index (χ4n) is 3.41.